The quantitative estimate of drug-likeness (QED) is 0.0256. The molecule has 448 valence electrons. The highest BCUT2D eigenvalue weighted by atomic mass is 31.2. The van der Waals surface area contributed by atoms with Crippen LogP contribution in [-0.4, -0.2) is 70.0 Å². The molecule has 9 nitrogen and oxygen atoms in total. The van der Waals surface area contributed by atoms with Crippen molar-refractivity contribution in [2.45, 2.75) is 360 Å². The van der Waals surface area contributed by atoms with E-state index < -0.39 is 26.5 Å². The molecule has 0 fully saturated rings. The molecule has 0 aromatic rings. The number of phosphoric ester groups is 1. The molecule has 0 radical (unpaired) electrons. The molecular weight excluding hydrogens is 954 g/mol. The fourth-order valence-corrected chi connectivity index (χ4v) is 11.0. The van der Waals surface area contributed by atoms with Crippen molar-refractivity contribution in [3.05, 3.63) is 0 Å². The zero-order valence-electron chi connectivity index (χ0n) is 51.0. The number of quaternary nitrogens is 1. The van der Waals surface area contributed by atoms with Crippen molar-refractivity contribution < 1.29 is 42.1 Å². The fraction of sp³-hybridized carbons (Fsp3) is 0.969. The lowest BCUT2D eigenvalue weighted by Gasteiger charge is -2.28. The van der Waals surface area contributed by atoms with E-state index in [1.807, 2.05) is 21.1 Å². The van der Waals surface area contributed by atoms with E-state index in [0.717, 1.165) is 32.1 Å². The van der Waals surface area contributed by atoms with Crippen LogP contribution in [0.4, 0.5) is 0 Å². The van der Waals surface area contributed by atoms with Crippen LogP contribution in [0.3, 0.4) is 0 Å². The van der Waals surface area contributed by atoms with Gasteiger partial charge in [0.15, 0.2) is 6.10 Å². The van der Waals surface area contributed by atoms with Gasteiger partial charge in [-0.1, -0.05) is 328 Å². The van der Waals surface area contributed by atoms with E-state index in [-0.39, 0.29) is 32.0 Å². The smallest absolute Gasteiger partial charge is 0.306 e. The van der Waals surface area contributed by atoms with Gasteiger partial charge >= 0.3 is 11.9 Å². The number of nitrogens with zero attached hydrogens (tertiary/aromatic N) is 1. The molecule has 0 saturated carbocycles. The largest absolute Gasteiger partial charge is 0.756 e. The van der Waals surface area contributed by atoms with Gasteiger partial charge in [0.1, 0.15) is 19.8 Å². The van der Waals surface area contributed by atoms with E-state index in [1.54, 1.807) is 0 Å². The van der Waals surface area contributed by atoms with E-state index >= 15 is 0 Å². The Morgan fingerprint density at radius 1 is 0.360 bits per heavy atom. The molecule has 0 aliphatic rings. The molecule has 0 aromatic carbocycles. The van der Waals surface area contributed by atoms with E-state index in [0.29, 0.717) is 17.4 Å². The summed E-state index contributed by atoms with van der Waals surface area (Å²) >= 11 is 0. The molecule has 0 saturated heterocycles. The molecule has 75 heavy (non-hydrogen) atoms. The SMILES string of the molecule is CCCCCCCCCCCCCCCCCCCCCCCCCCCCCCCCCCCCCCC(=O)OC(COC(=O)CCCCCCCCCCCCCCCCC)COP(=O)([O-])OCC[N+](C)(C)C. The molecule has 0 amide bonds. The van der Waals surface area contributed by atoms with Gasteiger partial charge in [-0.3, -0.25) is 14.2 Å². The van der Waals surface area contributed by atoms with Crippen molar-refractivity contribution in [3.8, 4) is 0 Å². The van der Waals surface area contributed by atoms with Crippen LogP contribution in [0.5, 0.6) is 0 Å². The Bertz CT molecular complexity index is 1230. The summed E-state index contributed by atoms with van der Waals surface area (Å²) in [6, 6.07) is 0. The number of esters is 2. The molecule has 0 aliphatic carbocycles. The van der Waals surface area contributed by atoms with Crippen molar-refractivity contribution in [2.24, 2.45) is 0 Å². The highest BCUT2D eigenvalue weighted by molar-refractivity contribution is 7.45. The summed E-state index contributed by atoms with van der Waals surface area (Å²) < 4.78 is 34.2. The van der Waals surface area contributed by atoms with Gasteiger partial charge in [-0.15, -0.1) is 0 Å². The van der Waals surface area contributed by atoms with Gasteiger partial charge in [-0.25, -0.2) is 0 Å². The Kier molecular flexibility index (Phi) is 56.9. The van der Waals surface area contributed by atoms with Gasteiger partial charge in [-0.2, -0.15) is 0 Å². The lowest BCUT2D eigenvalue weighted by atomic mass is 10.0. The Balaban J connectivity index is 3.88. The summed E-state index contributed by atoms with van der Waals surface area (Å²) in [4.78, 5) is 37.9. The van der Waals surface area contributed by atoms with Gasteiger partial charge in [0.2, 0.25) is 0 Å². The molecular formula is C65H130NO8P. The molecule has 0 bridgehead atoms. The normalized spacial score (nSPS) is 13.1. The number of carbonyl (C=O) groups excluding carboxylic acids is 2. The molecule has 0 spiro atoms. The highest BCUT2D eigenvalue weighted by Gasteiger charge is 2.22. The second kappa shape index (κ2) is 57.7. The van der Waals surface area contributed by atoms with Crippen LogP contribution >= 0.6 is 7.82 Å². The Morgan fingerprint density at radius 2 is 0.600 bits per heavy atom. The number of unbranched alkanes of at least 4 members (excludes halogenated alkanes) is 49. The second-order valence-corrected chi connectivity index (χ2v) is 25.6. The van der Waals surface area contributed by atoms with Gasteiger partial charge in [0.05, 0.1) is 27.7 Å². The lowest BCUT2D eigenvalue weighted by Crippen LogP contribution is -2.37. The van der Waals surface area contributed by atoms with Gasteiger partial charge in [0.25, 0.3) is 7.82 Å². The van der Waals surface area contributed by atoms with Gasteiger partial charge < -0.3 is 27.9 Å². The Hall–Kier alpha value is -0.990. The monoisotopic (exact) mass is 1080 g/mol. The second-order valence-electron chi connectivity index (χ2n) is 24.2. The summed E-state index contributed by atoms with van der Waals surface area (Å²) in [6.07, 6.45) is 67.7. The zero-order valence-corrected chi connectivity index (χ0v) is 51.9. The maximum absolute atomic E-state index is 12.8. The van der Waals surface area contributed by atoms with Crippen molar-refractivity contribution >= 4 is 19.8 Å². The summed E-state index contributed by atoms with van der Waals surface area (Å²) in [5, 5.41) is 0. The van der Waals surface area contributed by atoms with E-state index in [9.17, 15) is 19.0 Å². The van der Waals surface area contributed by atoms with Crippen molar-refractivity contribution in [1.29, 1.82) is 0 Å². The summed E-state index contributed by atoms with van der Waals surface area (Å²) in [6.45, 7) is 4.31. The van der Waals surface area contributed by atoms with E-state index in [1.165, 1.54) is 289 Å². The lowest BCUT2D eigenvalue weighted by molar-refractivity contribution is -0.870. The van der Waals surface area contributed by atoms with E-state index in [2.05, 4.69) is 13.8 Å². The Labute approximate surface area is 467 Å². The van der Waals surface area contributed by atoms with Gasteiger partial charge in [-0.05, 0) is 12.8 Å². The fourth-order valence-electron chi connectivity index (χ4n) is 10.3. The summed E-state index contributed by atoms with van der Waals surface area (Å²) in [7, 11) is 1.19. The topological polar surface area (TPSA) is 111 Å². The number of rotatable bonds is 63. The number of hydrogen-bond donors (Lipinski definition) is 0. The third-order valence-electron chi connectivity index (χ3n) is 15.4. The molecule has 2 unspecified atom stereocenters. The highest BCUT2D eigenvalue weighted by Crippen LogP contribution is 2.38. The summed E-state index contributed by atoms with van der Waals surface area (Å²) in [5.41, 5.74) is 0. The van der Waals surface area contributed by atoms with Crippen molar-refractivity contribution in [3.63, 3.8) is 0 Å². The number of likely N-dealkylation sites (N-methyl/N-ethyl adjacent to an activating group) is 1. The van der Waals surface area contributed by atoms with Crippen LogP contribution < -0.4 is 4.89 Å². The number of carbonyl (C=O) groups is 2. The van der Waals surface area contributed by atoms with Crippen LogP contribution in [-0.2, 0) is 32.7 Å². The summed E-state index contributed by atoms with van der Waals surface area (Å²) in [5.74, 6) is -0.808. The van der Waals surface area contributed by atoms with Crippen molar-refractivity contribution in [2.75, 3.05) is 47.5 Å². The number of phosphoric acid groups is 1. The maximum Gasteiger partial charge on any atom is 0.306 e. The van der Waals surface area contributed by atoms with Crippen LogP contribution in [0, 0.1) is 0 Å². The minimum absolute atomic E-state index is 0.0251. The predicted octanol–water partition coefficient (Wildman–Crippen LogP) is 20.4. The first kappa shape index (κ1) is 74.0. The molecule has 2 atom stereocenters. The first-order valence-corrected chi connectivity index (χ1v) is 34.7. The molecule has 0 aliphatic heterocycles. The molecule has 0 rings (SSSR count). The molecule has 0 N–H and O–H groups in total. The van der Waals surface area contributed by atoms with E-state index in [4.69, 9.17) is 18.5 Å². The third-order valence-corrected chi connectivity index (χ3v) is 16.3. The first-order chi connectivity index (χ1) is 36.5. The standard InChI is InChI=1S/C65H130NO8P/c1-6-8-10-12-14-16-18-20-22-23-24-25-26-27-28-29-30-31-32-33-34-35-36-37-38-39-40-41-42-44-46-48-50-52-54-56-58-65(68)74-63(62-73-75(69,70)72-60-59-66(3,4)5)61-71-64(67)57-55-53-51-49-47-45-43-21-19-17-15-13-11-9-7-2/h63H,6-62H2,1-5H3. The van der Waals surface area contributed by atoms with Gasteiger partial charge in [0, 0.05) is 12.8 Å². The van der Waals surface area contributed by atoms with Crippen LogP contribution in [0.2, 0.25) is 0 Å². The number of ether oxygens (including phenoxy) is 2. The van der Waals surface area contributed by atoms with Crippen LogP contribution in [0.15, 0.2) is 0 Å². The maximum atomic E-state index is 12.8. The average molecular weight is 1080 g/mol. The van der Waals surface area contributed by atoms with Crippen LogP contribution in [0.1, 0.15) is 354 Å². The molecule has 0 heterocycles. The first-order valence-electron chi connectivity index (χ1n) is 33.2. The molecule has 10 heteroatoms. The minimum atomic E-state index is -4.63. The Morgan fingerprint density at radius 3 is 0.853 bits per heavy atom. The minimum Gasteiger partial charge on any atom is -0.756 e. The number of hydrogen-bond acceptors (Lipinski definition) is 8. The predicted molar refractivity (Wildman–Crippen MR) is 319 cm³/mol. The van der Waals surface area contributed by atoms with Crippen molar-refractivity contribution in [1.82, 2.24) is 0 Å². The van der Waals surface area contributed by atoms with Crippen LogP contribution in [0.25, 0.3) is 0 Å². The average Bonchev–Trinajstić information content (AvgIpc) is 3.37. The molecule has 0 aromatic heterocycles. The zero-order chi connectivity index (χ0) is 54.9. The third kappa shape index (κ3) is 62.1.